The molecule has 0 aromatic heterocycles. The molecule has 0 aliphatic rings. The molecule has 0 saturated carbocycles. The lowest BCUT2D eigenvalue weighted by atomic mass is 9.83. The van der Waals surface area contributed by atoms with Crippen LogP contribution in [0.3, 0.4) is 0 Å². The maximum Gasteiger partial charge on any atom is 0.460 e. The highest BCUT2D eigenvalue weighted by atomic mass is 19.4. The van der Waals surface area contributed by atoms with Crippen molar-refractivity contribution in [1.29, 1.82) is 0 Å². The standard InChI is InChI=1S/C20H8F26O/c1-5-7(9(21,22)11(25,26)13(29,30)15(33,34)17(37,38)19(41,42)43)2-6(4-47)3-8(5)10(23,24)12(27,28)14(31,32)16(35,36)18(39,40)20(44,45)46/h2-3,47H,4H2,1H3. The number of benzene rings is 1. The average Bonchev–Trinajstić information content (AvgIpc) is 2.86. The van der Waals surface area contributed by atoms with Crippen LogP contribution in [0.1, 0.15) is 22.3 Å². The predicted octanol–water partition coefficient (Wildman–Crippen LogP) is 9.88. The van der Waals surface area contributed by atoms with E-state index in [0.717, 1.165) is 0 Å². The molecule has 0 bridgehead atoms. The topological polar surface area (TPSA) is 20.2 Å². The van der Waals surface area contributed by atoms with Gasteiger partial charge in [0, 0.05) is 11.1 Å². The van der Waals surface area contributed by atoms with Crippen molar-refractivity contribution in [3.8, 4) is 0 Å². The Morgan fingerprint density at radius 3 is 0.787 bits per heavy atom. The first-order chi connectivity index (χ1) is 20.1. The molecule has 47 heavy (non-hydrogen) atoms. The van der Waals surface area contributed by atoms with E-state index in [0.29, 0.717) is 0 Å². The monoisotopic (exact) mass is 758 g/mol. The van der Waals surface area contributed by atoms with Crippen LogP contribution in [0.15, 0.2) is 12.1 Å². The van der Waals surface area contributed by atoms with Crippen LogP contribution in [0.25, 0.3) is 0 Å². The molecule has 1 aromatic carbocycles. The molecule has 1 aromatic rings. The van der Waals surface area contributed by atoms with E-state index in [1.54, 1.807) is 0 Å². The van der Waals surface area contributed by atoms with E-state index in [4.69, 9.17) is 5.11 Å². The Hall–Kier alpha value is -2.64. The van der Waals surface area contributed by atoms with Gasteiger partial charge in [-0.1, -0.05) is 0 Å². The van der Waals surface area contributed by atoms with Gasteiger partial charge in [-0.2, -0.15) is 114 Å². The molecule has 276 valence electrons. The molecule has 0 aliphatic heterocycles. The molecule has 1 nitrogen and oxygen atoms in total. The number of rotatable bonds is 11. The number of hydrogen-bond donors (Lipinski definition) is 1. The zero-order valence-electron chi connectivity index (χ0n) is 21.1. The molecular weight excluding hydrogens is 750 g/mol. The molecule has 0 aliphatic carbocycles. The van der Waals surface area contributed by atoms with Crippen molar-refractivity contribution in [3.05, 3.63) is 34.4 Å². The van der Waals surface area contributed by atoms with Crippen molar-refractivity contribution in [2.75, 3.05) is 0 Å². The van der Waals surface area contributed by atoms with Crippen molar-refractivity contribution in [2.45, 2.75) is 85.1 Å². The highest BCUT2D eigenvalue weighted by Gasteiger charge is 2.92. The molecular formula is C20H8F26O. The van der Waals surface area contributed by atoms with Crippen LogP contribution >= 0.6 is 0 Å². The maximum absolute atomic E-state index is 14.7. The number of aliphatic hydroxyl groups excluding tert-OH is 1. The lowest BCUT2D eigenvalue weighted by Crippen LogP contribution is -2.69. The highest BCUT2D eigenvalue weighted by molar-refractivity contribution is 5.45. The van der Waals surface area contributed by atoms with Crippen LogP contribution in [-0.4, -0.2) is 64.8 Å². The minimum Gasteiger partial charge on any atom is -0.392 e. The summed E-state index contributed by atoms with van der Waals surface area (Å²) in [5.41, 5.74) is -12.4. The van der Waals surface area contributed by atoms with Crippen LogP contribution < -0.4 is 0 Å². The summed E-state index contributed by atoms with van der Waals surface area (Å²) >= 11 is 0. The fourth-order valence-corrected chi connectivity index (χ4v) is 3.39. The van der Waals surface area contributed by atoms with Gasteiger partial charge in [0.25, 0.3) is 0 Å². The van der Waals surface area contributed by atoms with E-state index in [1.165, 1.54) is 0 Å². The number of aliphatic hydroxyl groups is 1. The smallest absolute Gasteiger partial charge is 0.392 e. The van der Waals surface area contributed by atoms with Gasteiger partial charge >= 0.3 is 71.6 Å². The van der Waals surface area contributed by atoms with E-state index in [2.05, 4.69) is 0 Å². The fraction of sp³-hybridized carbons (Fsp3) is 0.700. The van der Waals surface area contributed by atoms with Gasteiger partial charge in [0.15, 0.2) is 0 Å². The van der Waals surface area contributed by atoms with Gasteiger partial charge in [-0.3, -0.25) is 0 Å². The summed E-state index contributed by atoms with van der Waals surface area (Å²) in [5, 5.41) is 8.94. The van der Waals surface area contributed by atoms with Crippen LogP contribution in [0.5, 0.6) is 0 Å². The van der Waals surface area contributed by atoms with Gasteiger partial charge in [0.05, 0.1) is 6.61 Å². The Morgan fingerprint density at radius 2 is 0.596 bits per heavy atom. The highest BCUT2D eigenvalue weighted by Crippen LogP contribution is 2.65. The summed E-state index contributed by atoms with van der Waals surface area (Å²) in [6.45, 7) is -3.10. The second-order valence-corrected chi connectivity index (χ2v) is 9.21. The molecule has 0 heterocycles. The van der Waals surface area contributed by atoms with Gasteiger partial charge < -0.3 is 5.11 Å². The van der Waals surface area contributed by atoms with Crippen molar-refractivity contribution >= 4 is 0 Å². The predicted molar refractivity (Wildman–Crippen MR) is 96.6 cm³/mol. The Labute approximate surface area is 240 Å². The first-order valence-corrected chi connectivity index (χ1v) is 10.7. The fourth-order valence-electron chi connectivity index (χ4n) is 3.39. The molecule has 1 rings (SSSR count). The molecule has 0 amide bonds. The van der Waals surface area contributed by atoms with Gasteiger partial charge in [-0.25, -0.2) is 0 Å². The summed E-state index contributed by atoms with van der Waals surface area (Å²) in [7, 11) is 0. The number of hydrogen-bond acceptors (Lipinski definition) is 1. The molecule has 0 unspecified atom stereocenters. The number of alkyl halides is 26. The quantitative estimate of drug-likeness (QED) is 0.223. The second-order valence-electron chi connectivity index (χ2n) is 9.21. The lowest BCUT2D eigenvalue weighted by molar-refractivity contribution is -0.442. The molecule has 0 saturated heterocycles. The van der Waals surface area contributed by atoms with E-state index in [-0.39, 0.29) is 0 Å². The van der Waals surface area contributed by atoms with Crippen LogP contribution in [-0.2, 0) is 18.5 Å². The molecule has 0 spiro atoms. The maximum atomic E-state index is 14.7. The van der Waals surface area contributed by atoms with Crippen LogP contribution in [0, 0.1) is 6.92 Å². The molecule has 0 radical (unpaired) electrons. The third kappa shape index (κ3) is 5.39. The SMILES string of the molecule is Cc1c(C(F)(F)C(F)(F)C(F)(F)C(F)(F)C(F)(F)C(F)(F)F)cc(CO)cc1C(F)(F)C(F)(F)C(F)(F)C(F)(F)C(F)(F)C(F)(F)F. The second kappa shape index (κ2) is 10.9. The Kier molecular flexibility index (Phi) is 9.86. The largest absolute Gasteiger partial charge is 0.460 e. The zero-order valence-corrected chi connectivity index (χ0v) is 21.1. The van der Waals surface area contributed by atoms with Gasteiger partial charge in [-0.05, 0) is 30.2 Å². The first-order valence-electron chi connectivity index (χ1n) is 10.7. The zero-order chi connectivity index (χ0) is 38.4. The normalized spacial score (nSPS) is 16.2. The van der Waals surface area contributed by atoms with Gasteiger partial charge in [0.1, 0.15) is 0 Å². The minimum atomic E-state index is -8.67. The molecule has 1 N–H and O–H groups in total. The third-order valence-electron chi connectivity index (χ3n) is 6.19. The Morgan fingerprint density at radius 1 is 0.383 bits per heavy atom. The molecule has 27 heteroatoms. The van der Waals surface area contributed by atoms with Crippen molar-refractivity contribution in [1.82, 2.24) is 0 Å². The van der Waals surface area contributed by atoms with Crippen LogP contribution in [0.4, 0.5) is 114 Å². The Bertz CT molecular complexity index is 1220. The van der Waals surface area contributed by atoms with Gasteiger partial charge in [0.2, 0.25) is 0 Å². The lowest BCUT2D eigenvalue weighted by Gasteiger charge is -2.41. The number of halogens is 26. The summed E-state index contributed by atoms with van der Waals surface area (Å²) in [5.74, 6) is -83.4. The van der Waals surface area contributed by atoms with Crippen molar-refractivity contribution < 1.29 is 119 Å². The van der Waals surface area contributed by atoms with E-state index >= 15 is 0 Å². The van der Waals surface area contributed by atoms with E-state index in [9.17, 15) is 114 Å². The van der Waals surface area contributed by atoms with Crippen molar-refractivity contribution in [3.63, 3.8) is 0 Å². The summed E-state index contributed by atoms with van der Waals surface area (Å²) in [6.07, 6.45) is -15.9. The first kappa shape index (κ1) is 42.4. The third-order valence-corrected chi connectivity index (χ3v) is 6.19. The molecule has 0 fully saturated rings. The van der Waals surface area contributed by atoms with Gasteiger partial charge in [-0.15, -0.1) is 0 Å². The Balaban J connectivity index is 4.18. The minimum absolute atomic E-state index is 0.777. The summed E-state index contributed by atoms with van der Waals surface area (Å²) in [4.78, 5) is 0. The summed E-state index contributed by atoms with van der Waals surface area (Å²) < 4.78 is 351. The summed E-state index contributed by atoms with van der Waals surface area (Å²) in [6, 6.07) is -2.14. The van der Waals surface area contributed by atoms with Crippen LogP contribution in [0.2, 0.25) is 0 Å². The van der Waals surface area contributed by atoms with Crippen molar-refractivity contribution in [2.24, 2.45) is 0 Å². The molecule has 0 atom stereocenters. The van der Waals surface area contributed by atoms with E-state index < -0.39 is 119 Å². The average molecular weight is 758 g/mol. The van der Waals surface area contributed by atoms with E-state index in [1.807, 2.05) is 0 Å².